The molecule has 0 atom stereocenters. The number of hydrogen-bond donors (Lipinski definition) is 1. The molecule has 6 nitrogen and oxygen atoms in total. The standard InChI is InChI=1S/C14H18N4O2S/c1-18(2)8-7-14-16-9-12(10-17-14)11-3-5-13(6-4-11)21(15,19)20/h3-6,9-10H,7-8H2,1-2H3,(H2,15,19,20). The monoisotopic (exact) mass is 306 g/mol. The minimum Gasteiger partial charge on any atom is -0.309 e. The van der Waals surface area contributed by atoms with Crippen molar-refractivity contribution in [1.82, 2.24) is 14.9 Å². The highest BCUT2D eigenvalue weighted by Crippen LogP contribution is 2.19. The highest BCUT2D eigenvalue weighted by molar-refractivity contribution is 7.89. The maximum Gasteiger partial charge on any atom is 0.238 e. The van der Waals surface area contributed by atoms with Crippen LogP contribution in [-0.4, -0.2) is 43.9 Å². The Morgan fingerprint density at radius 2 is 1.62 bits per heavy atom. The van der Waals surface area contributed by atoms with Crippen molar-refractivity contribution in [2.45, 2.75) is 11.3 Å². The predicted molar refractivity (Wildman–Crippen MR) is 81.1 cm³/mol. The van der Waals surface area contributed by atoms with E-state index in [1.807, 2.05) is 14.1 Å². The zero-order valence-electron chi connectivity index (χ0n) is 12.0. The number of sulfonamides is 1. The van der Waals surface area contributed by atoms with Crippen molar-refractivity contribution in [1.29, 1.82) is 0 Å². The van der Waals surface area contributed by atoms with Gasteiger partial charge in [0.15, 0.2) is 0 Å². The Labute approximate surface area is 124 Å². The summed E-state index contributed by atoms with van der Waals surface area (Å²) in [6, 6.07) is 6.34. The van der Waals surface area contributed by atoms with Gasteiger partial charge in [0.25, 0.3) is 0 Å². The van der Waals surface area contributed by atoms with Gasteiger partial charge in [-0.05, 0) is 31.8 Å². The molecule has 0 bridgehead atoms. The Kier molecular flexibility index (Phi) is 4.66. The van der Waals surface area contributed by atoms with E-state index in [2.05, 4.69) is 14.9 Å². The molecule has 0 unspecified atom stereocenters. The molecule has 0 saturated carbocycles. The summed E-state index contributed by atoms with van der Waals surface area (Å²) in [6.45, 7) is 0.891. The van der Waals surface area contributed by atoms with E-state index >= 15 is 0 Å². The fourth-order valence-corrected chi connectivity index (χ4v) is 2.31. The van der Waals surface area contributed by atoms with Crippen LogP contribution in [0.25, 0.3) is 11.1 Å². The lowest BCUT2D eigenvalue weighted by atomic mass is 10.1. The molecule has 21 heavy (non-hydrogen) atoms. The smallest absolute Gasteiger partial charge is 0.238 e. The number of nitrogens with two attached hydrogens (primary N) is 1. The summed E-state index contributed by atoms with van der Waals surface area (Å²) in [5, 5.41) is 5.07. The van der Waals surface area contributed by atoms with Gasteiger partial charge in [-0.1, -0.05) is 12.1 Å². The van der Waals surface area contributed by atoms with Gasteiger partial charge >= 0.3 is 0 Å². The molecule has 0 radical (unpaired) electrons. The number of rotatable bonds is 5. The van der Waals surface area contributed by atoms with Gasteiger partial charge in [0.05, 0.1) is 4.90 Å². The maximum atomic E-state index is 11.2. The second kappa shape index (κ2) is 6.30. The summed E-state index contributed by atoms with van der Waals surface area (Å²) >= 11 is 0. The SMILES string of the molecule is CN(C)CCc1ncc(-c2ccc(S(N)(=O)=O)cc2)cn1. The molecule has 7 heteroatoms. The van der Waals surface area contributed by atoms with E-state index in [1.165, 1.54) is 12.1 Å². The quantitative estimate of drug-likeness (QED) is 0.886. The van der Waals surface area contributed by atoms with Gasteiger partial charge < -0.3 is 4.90 Å². The van der Waals surface area contributed by atoms with Gasteiger partial charge in [-0.15, -0.1) is 0 Å². The highest BCUT2D eigenvalue weighted by Gasteiger charge is 2.08. The minimum absolute atomic E-state index is 0.0924. The fourth-order valence-electron chi connectivity index (χ4n) is 1.79. The van der Waals surface area contributed by atoms with Crippen LogP contribution < -0.4 is 5.14 Å². The third kappa shape index (κ3) is 4.32. The van der Waals surface area contributed by atoms with Gasteiger partial charge in [0.2, 0.25) is 10.0 Å². The number of nitrogens with zero attached hydrogens (tertiary/aromatic N) is 3. The second-order valence-corrected chi connectivity index (χ2v) is 6.57. The van der Waals surface area contributed by atoms with E-state index < -0.39 is 10.0 Å². The van der Waals surface area contributed by atoms with Crippen molar-refractivity contribution in [3.8, 4) is 11.1 Å². The predicted octanol–water partition coefficient (Wildman–Crippen LogP) is 0.895. The third-order valence-electron chi connectivity index (χ3n) is 3.00. The van der Waals surface area contributed by atoms with E-state index in [4.69, 9.17) is 5.14 Å². The lowest BCUT2D eigenvalue weighted by Crippen LogP contribution is -2.16. The van der Waals surface area contributed by atoms with E-state index in [-0.39, 0.29) is 4.90 Å². The fraction of sp³-hybridized carbons (Fsp3) is 0.286. The maximum absolute atomic E-state index is 11.2. The van der Waals surface area contributed by atoms with E-state index in [0.29, 0.717) is 0 Å². The van der Waals surface area contributed by atoms with Crippen LogP contribution in [0.5, 0.6) is 0 Å². The molecule has 0 aliphatic carbocycles. The number of likely N-dealkylation sites (N-methyl/N-ethyl adjacent to an activating group) is 1. The molecule has 0 fully saturated rings. The zero-order chi connectivity index (χ0) is 15.5. The van der Waals surface area contributed by atoms with Crippen LogP contribution in [0.2, 0.25) is 0 Å². The lowest BCUT2D eigenvalue weighted by molar-refractivity contribution is 0.409. The molecular formula is C14H18N4O2S. The molecule has 112 valence electrons. The van der Waals surface area contributed by atoms with E-state index in [0.717, 1.165) is 29.9 Å². The van der Waals surface area contributed by atoms with Crippen LogP contribution in [-0.2, 0) is 16.4 Å². The minimum atomic E-state index is -3.66. The van der Waals surface area contributed by atoms with Gasteiger partial charge in [-0.25, -0.2) is 23.5 Å². The van der Waals surface area contributed by atoms with Crippen molar-refractivity contribution in [2.75, 3.05) is 20.6 Å². The first-order valence-electron chi connectivity index (χ1n) is 6.45. The largest absolute Gasteiger partial charge is 0.309 e. The number of primary sulfonamides is 1. The summed E-state index contributed by atoms with van der Waals surface area (Å²) in [6.07, 6.45) is 4.27. The molecule has 1 heterocycles. The van der Waals surface area contributed by atoms with Crippen LogP contribution in [0.15, 0.2) is 41.6 Å². The Bertz CT molecular complexity index is 695. The molecule has 2 aromatic rings. The average Bonchev–Trinajstić information content (AvgIpc) is 2.45. The molecule has 0 spiro atoms. The first-order valence-corrected chi connectivity index (χ1v) is 8.00. The Morgan fingerprint density at radius 3 is 2.10 bits per heavy atom. The van der Waals surface area contributed by atoms with Crippen molar-refractivity contribution in [2.24, 2.45) is 5.14 Å². The second-order valence-electron chi connectivity index (χ2n) is 5.01. The summed E-state index contributed by atoms with van der Waals surface area (Å²) in [7, 11) is 0.343. The summed E-state index contributed by atoms with van der Waals surface area (Å²) in [4.78, 5) is 10.8. The van der Waals surface area contributed by atoms with E-state index in [9.17, 15) is 8.42 Å². The normalized spacial score (nSPS) is 11.8. The molecule has 0 amide bonds. The van der Waals surface area contributed by atoms with Gasteiger partial charge in [0.1, 0.15) is 5.82 Å². The molecule has 0 aliphatic heterocycles. The molecule has 1 aromatic carbocycles. The summed E-state index contributed by atoms with van der Waals surface area (Å²) in [5.74, 6) is 0.786. The molecule has 2 rings (SSSR count). The number of aromatic nitrogens is 2. The zero-order valence-corrected chi connectivity index (χ0v) is 12.8. The van der Waals surface area contributed by atoms with Crippen molar-refractivity contribution in [3.05, 3.63) is 42.5 Å². The van der Waals surface area contributed by atoms with Crippen LogP contribution in [0, 0.1) is 0 Å². The van der Waals surface area contributed by atoms with Crippen molar-refractivity contribution in [3.63, 3.8) is 0 Å². The molecule has 0 saturated heterocycles. The molecule has 0 aliphatic rings. The lowest BCUT2D eigenvalue weighted by Gasteiger charge is -2.08. The Balaban J connectivity index is 2.15. The summed E-state index contributed by atoms with van der Waals surface area (Å²) in [5.41, 5.74) is 1.69. The Morgan fingerprint density at radius 1 is 1.05 bits per heavy atom. The van der Waals surface area contributed by atoms with Crippen LogP contribution >= 0.6 is 0 Å². The Hall–Kier alpha value is -1.83. The highest BCUT2D eigenvalue weighted by atomic mass is 32.2. The number of benzene rings is 1. The molecular weight excluding hydrogens is 288 g/mol. The van der Waals surface area contributed by atoms with Crippen LogP contribution in [0.1, 0.15) is 5.82 Å². The van der Waals surface area contributed by atoms with E-state index in [1.54, 1.807) is 24.5 Å². The molecule has 1 aromatic heterocycles. The first-order chi connectivity index (χ1) is 9.86. The summed E-state index contributed by atoms with van der Waals surface area (Å²) < 4.78 is 22.4. The molecule has 2 N–H and O–H groups in total. The van der Waals surface area contributed by atoms with Crippen molar-refractivity contribution >= 4 is 10.0 Å². The van der Waals surface area contributed by atoms with Crippen LogP contribution in [0.4, 0.5) is 0 Å². The third-order valence-corrected chi connectivity index (χ3v) is 3.93. The van der Waals surface area contributed by atoms with Gasteiger partial charge in [-0.3, -0.25) is 0 Å². The van der Waals surface area contributed by atoms with Gasteiger partial charge in [0, 0.05) is 30.9 Å². The first kappa shape index (κ1) is 15.6. The number of hydrogen-bond acceptors (Lipinski definition) is 5. The van der Waals surface area contributed by atoms with Crippen LogP contribution in [0.3, 0.4) is 0 Å². The van der Waals surface area contributed by atoms with Crippen molar-refractivity contribution < 1.29 is 8.42 Å². The van der Waals surface area contributed by atoms with Gasteiger partial charge in [-0.2, -0.15) is 0 Å². The topological polar surface area (TPSA) is 89.2 Å². The average molecular weight is 306 g/mol.